The van der Waals surface area contributed by atoms with Gasteiger partial charge in [-0.15, -0.1) is 0 Å². The van der Waals surface area contributed by atoms with Gasteiger partial charge in [0.25, 0.3) is 0 Å². The summed E-state index contributed by atoms with van der Waals surface area (Å²) in [6, 6.07) is 8.70. The maximum absolute atomic E-state index is 13.4. The van der Waals surface area contributed by atoms with E-state index in [4.69, 9.17) is 23.2 Å². The van der Waals surface area contributed by atoms with Crippen LogP contribution in [0.3, 0.4) is 0 Å². The number of hydrogen-bond acceptors (Lipinski definition) is 4. The molecule has 0 bridgehead atoms. The Morgan fingerprint density at radius 2 is 1.68 bits per heavy atom. The van der Waals surface area contributed by atoms with Crippen molar-refractivity contribution in [2.45, 2.75) is 45.8 Å². The molecule has 0 aromatic heterocycles. The van der Waals surface area contributed by atoms with Crippen LogP contribution in [0.25, 0.3) is 0 Å². The highest BCUT2D eigenvalue weighted by atomic mass is 35.5. The number of benzene rings is 2. The molecule has 2 aromatic carbocycles. The molecular formula is C23H28Cl2FN3O4S. The van der Waals surface area contributed by atoms with Gasteiger partial charge in [-0.1, -0.05) is 42.3 Å². The number of sulfonamides is 1. The molecule has 0 saturated carbocycles. The molecule has 11 heteroatoms. The first-order valence-corrected chi connectivity index (χ1v) is 13.2. The lowest BCUT2D eigenvalue weighted by molar-refractivity contribution is -0.139. The van der Waals surface area contributed by atoms with Crippen LogP contribution in [0.5, 0.6) is 0 Å². The summed E-state index contributed by atoms with van der Waals surface area (Å²) in [6.07, 6.45) is 1.66. The second-order valence-electron chi connectivity index (χ2n) is 8.01. The molecule has 1 N–H and O–H groups in total. The third-order valence-electron chi connectivity index (χ3n) is 5.30. The zero-order valence-corrected chi connectivity index (χ0v) is 21.7. The fourth-order valence-electron chi connectivity index (χ4n) is 3.09. The van der Waals surface area contributed by atoms with Gasteiger partial charge in [-0.05, 0) is 56.2 Å². The third-order valence-corrected chi connectivity index (χ3v) is 7.18. The van der Waals surface area contributed by atoms with Crippen LogP contribution in [0.2, 0.25) is 10.0 Å². The minimum Gasteiger partial charge on any atom is -0.352 e. The number of carbonyl (C=O) groups is 2. The average Bonchev–Trinajstić information content (AvgIpc) is 2.77. The minimum atomic E-state index is -3.89. The van der Waals surface area contributed by atoms with E-state index in [-0.39, 0.29) is 34.2 Å². The molecule has 2 rings (SSSR count). The third kappa shape index (κ3) is 7.58. The standard InChI is InChI=1S/C23H28Cl2FN3O4S/c1-5-15(2)27-23(31)16(3)28(13-17-6-8-18(26)9-7-17)22(30)14-29(34(4,32)33)19-10-11-20(24)21(25)12-19/h6-12,15-16H,5,13-14H2,1-4H3,(H,27,31)/t15-,16-/m0/s1. The summed E-state index contributed by atoms with van der Waals surface area (Å²) < 4.78 is 39.3. The van der Waals surface area contributed by atoms with Crippen molar-refractivity contribution >= 4 is 50.7 Å². The monoisotopic (exact) mass is 531 g/mol. The highest BCUT2D eigenvalue weighted by Crippen LogP contribution is 2.28. The molecule has 186 valence electrons. The molecule has 0 unspecified atom stereocenters. The van der Waals surface area contributed by atoms with Crippen LogP contribution < -0.4 is 9.62 Å². The maximum atomic E-state index is 13.4. The number of amides is 2. The van der Waals surface area contributed by atoms with Crippen LogP contribution in [-0.2, 0) is 26.2 Å². The van der Waals surface area contributed by atoms with Crippen molar-refractivity contribution in [2.75, 3.05) is 17.1 Å². The first-order chi connectivity index (χ1) is 15.8. The predicted molar refractivity (Wildman–Crippen MR) is 133 cm³/mol. The Morgan fingerprint density at radius 1 is 1.06 bits per heavy atom. The van der Waals surface area contributed by atoms with E-state index in [0.29, 0.717) is 12.0 Å². The van der Waals surface area contributed by atoms with E-state index in [1.807, 2.05) is 13.8 Å². The summed E-state index contributed by atoms with van der Waals surface area (Å²) in [5.41, 5.74) is 0.738. The predicted octanol–water partition coefficient (Wildman–Crippen LogP) is 4.23. The highest BCUT2D eigenvalue weighted by molar-refractivity contribution is 7.92. The van der Waals surface area contributed by atoms with E-state index in [0.717, 1.165) is 10.6 Å². The number of hydrogen-bond donors (Lipinski definition) is 1. The number of rotatable bonds is 10. The Bertz CT molecular complexity index is 1130. The number of halogens is 3. The zero-order chi connectivity index (χ0) is 25.6. The second kappa shape index (κ2) is 11.9. The van der Waals surface area contributed by atoms with E-state index >= 15 is 0 Å². The lowest BCUT2D eigenvalue weighted by atomic mass is 10.1. The molecule has 2 atom stereocenters. The second-order valence-corrected chi connectivity index (χ2v) is 10.7. The van der Waals surface area contributed by atoms with E-state index in [1.165, 1.54) is 47.4 Å². The summed E-state index contributed by atoms with van der Waals surface area (Å²) in [7, 11) is -3.89. The first kappa shape index (κ1) is 27.9. The zero-order valence-electron chi connectivity index (χ0n) is 19.4. The summed E-state index contributed by atoms with van der Waals surface area (Å²) in [6.45, 7) is 4.72. The fourth-order valence-corrected chi connectivity index (χ4v) is 4.22. The van der Waals surface area contributed by atoms with E-state index < -0.39 is 34.3 Å². The average molecular weight is 532 g/mol. The van der Waals surface area contributed by atoms with E-state index in [9.17, 15) is 22.4 Å². The van der Waals surface area contributed by atoms with Crippen molar-refractivity contribution in [3.05, 3.63) is 63.9 Å². The molecule has 0 heterocycles. The van der Waals surface area contributed by atoms with Crippen molar-refractivity contribution in [1.82, 2.24) is 10.2 Å². The van der Waals surface area contributed by atoms with Gasteiger partial charge in [0.05, 0.1) is 22.0 Å². The van der Waals surface area contributed by atoms with Crippen LogP contribution in [0.1, 0.15) is 32.8 Å². The van der Waals surface area contributed by atoms with Crippen LogP contribution in [0, 0.1) is 5.82 Å². The Kier molecular flexibility index (Phi) is 9.73. The van der Waals surface area contributed by atoms with Gasteiger partial charge in [0.1, 0.15) is 18.4 Å². The molecular weight excluding hydrogens is 504 g/mol. The van der Waals surface area contributed by atoms with Gasteiger partial charge in [-0.3, -0.25) is 13.9 Å². The van der Waals surface area contributed by atoms with Gasteiger partial charge in [-0.25, -0.2) is 12.8 Å². The molecule has 0 aliphatic heterocycles. The molecule has 0 aliphatic carbocycles. The summed E-state index contributed by atoms with van der Waals surface area (Å²) >= 11 is 12.0. The SMILES string of the molecule is CC[C@H](C)NC(=O)[C@H](C)N(Cc1ccc(F)cc1)C(=O)CN(c1ccc(Cl)c(Cl)c1)S(C)(=O)=O. The number of nitrogens with one attached hydrogen (secondary N) is 1. The molecule has 0 saturated heterocycles. The molecule has 0 fully saturated rings. The first-order valence-electron chi connectivity index (χ1n) is 10.6. The van der Waals surface area contributed by atoms with Gasteiger partial charge >= 0.3 is 0 Å². The number of nitrogens with zero attached hydrogens (tertiary/aromatic N) is 2. The number of anilines is 1. The lowest BCUT2D eigenvalue weighted by Gasteiger charge is -2.32. The number of carbonyl (C=O) groups excluding carboxylic acids is 2. The molecule has 0 aliphatic rings. The van der Waals surface area contributed by atoms with Crippen LogP contribution in [0.15, 0.2) is 42.5 Å². The Labute approximate surface area is 209 Å². The molecule has 0 spiro atoms. The Hall–Kier alpha value is -2.36. The normalized spacial score (nSPS) is 13.1. The van der Waals surface area contributed by atoms with Gasteiger partial charge in [0.2, 0.25) is 21.8 Å². The molecule has 7 nitrogen and oxygen atoms in total. The van der Waals surface area contributed by atoms with E-state index in [2.05, 4.69) is 5.32 Å². The quantitative estimate of drug-likeness (QED) is 0.496. The van der Waals surface area contributed by atoms with Crippen LogP contribution in [0.4, 0.5) is 10.1 Å². The van der Waals surface area contributed by atoms with Crippen molar-refractivity contribution < 1.29 is 22.4 Å². The van der Waals surface area contributed by atoms with Gasteiger partial charge in [-0.2, -0.15) is 0 Å². The Morgan fingerprint density at radius 3 is 2.21 bits per heavy atom. The minimum absolute atomic E-state index is 0.0207. The summed E-state index contributed by atoms with van der Waals surface area (Å²) in [4.78, 5) is 27.5. The van der Waals surface area contributed by atoms with Crippen molar-refractivity contribution in [2.24, 2.45) is 0 Å². The highest BCUT2D eigenvalue weighted by Gasteiger charge is 2.30. The van der Waals surface area contributed by atoms with Crippen molar-refractivity contribution in [3.63, 3.8) is 0 Å². The molecule has 0 radical (unpaired) electrons. The van der Waals surface area contributed by atoms with Crippen molar-refractivity contribution in [1.29, 1.82) is 0 Å². The van der Waals surface area contributed by atoms with Gasteiger partial charge < -0.3 is 10.2 Å². The van der Waals surface area contributed by atoms with Gasteiger partial charge in [0, 0.05) is 12.6 Å². The summed E-state index contributed by atoms with van der Waals surface area (Å²) in [5.74, 6) is -1.44. The smallest absolute Gasteiger partial charge is 0.244 e. The van der Waals surface area contributed by atoms with Crippen LogP contribution >= 0.6 is 23.2 Å². The lowest BCUT2D eigenvalue weighted by Crippen LogP contribution is -2.52. The van der Waals surface area contributed by atoms with Gasteiger partial charge in [0.15, 0.2) is 0 Å². The Balaban J connectivity index is 2.39. The topological polar surface area (TPSA) is 86.8 Å². The fraction of sp³-hybridized carbons (Fsp3) is 0.391. The van der Waals surface area contributed by atoms with E-state index in [1.54, 1.807) is 6.92 Å². The largest absolute Gasteiger partial charge is 0.352 e. The van der Waals surface area contributed by atoms with Crippen molar-refractivity contribution in [3.8, 4) is 0 Å². The molecule has 34 heavy (non-hydrogen) atoms. The summed E-state index contributed by atoms with van der Waals surface area (Å²) in [5, 5.41) is 3.20. The molecule has 2 amide bonds. The van der Waals surface area contributed by atoms with Crippen LogP contribution in [-0.4, -0.2) is 50.0 Å². The molecule has 2 aromatic rings. The maximum Gasteiger partial charge on any atom is 0.244 e.